The molecule has 4 aliphatic carbocycles. The maximum atomic E-state index is 14.8. The molecule has 1 aliphatic heterocycles. The fourth-order valence-corrected chi connectivity index (χ4v) is 15.0. The summed E-state index contributed by atoms with van der Waals surface area (Å²) in [6.45, 7) is 26.3. The molecule has 0 amide bonds. The Kier molecular flexibility index (Phi) is 12.3. The average Bonchev–Trinajstić information content (AvgIpc) is 3.19. The van der Waals surface area contributed by atoms with Crippen molar-refractivity contribution in [3.8, 4) is 0 Å². The first kappa shape index (κ1) is 45.5. The number of hydrogen-bond acceptors (Lipinski definition) is 7. The van der Waals surface area contributed by atoms with Gasteiger partial charge in [0.05, 0.1) is 48.4 Å². The highest BCUT2D eigenvalue weighted by atomic mass is 32.2. The molecule has 2 aromatic rings. The summed E-state index contributed by atoms with van der Waals surface area (Å²) in [5.74, 6) is 1.04. The highest BCUT2D eigenvalue weighted by Crippen LogP contribution is 2.75. The number of rotatable bonds is 13. The van der Waals surface area contributed by atoms with Gasteiger partial charge in [-0.05, 0) is 116 Å². The van der Waals surface area contributed by atoms with E-state index in [1.165, 1.54) is 5.57 Å². The lowest BCUT2D eigenvalue weighted by Gasteiger charge is -2.71. The van der Waals surface area contributed by atoms with Crippen molar-refractivity contribution in [2.24, 2.45) is 62.6 Å². The van der Waals surface area contributed by atoms with Crippen LogP contribution < -0.4 is 4.72 Å². The van der Waals surface area contributed by atoms with Gasteiger partial charge in [0, 0.05) is 17.9 Å². The number of ether oxygens (including phenoxy) is 4. The number of benzene rings is 2. The topological polar surface area (TPSA) is 100 Å². The minimum atomic E-state index is -3.80. The molecule has 0 aromatic heterocycles. The smallest absolute Gasteiger partial charge is 0.310 e. The van der Waals surface area contributed by atoms with Crippen molar-refractivity contribution in [3.05, 3.63) is 77.4 Å². The van der Waals surface area contributed by atoms with Crippen molar-refractivity contribution in [2.75, 3.05) is 26.9 Å². The van der Waals surface area contributed by atoms with Crippen LogP contribution in [-0.4, -0.2) is 59.1 Å². The fourth-order valence-electron chi connectivity index (χ4n) is 13.5. The van der Waals surface area contributed by atoms with Gasteiger partial charge in [-0.15, -0.1) is 0 Å². The molecule has 5 aliphatic rings. The lowest BCUT2D eigenvalue weighted by molar-refractivity contribution is -0.270. The third kappa shape index (κ3) is 7.26. The number of methoxy groups -OCH3 is 1. The van der Waals surface area contributed by atoms with Crippen LogP contribution in [0.15, 0.2) is 71.1 Å². The number of carbonyl (C=O) groups is 1. The van der Waals surface area contributed by atoms with Crippen LogP contribution in [0.25, 0.3) is 0 Å². The van der Waals surface area contributed by atoms with Crippen LogP contribution in [0.1, 0.15) is 119 Å². The average molecular weight is 846 g/mol. The zero-order valence-electron chi connectivity index (χ0n) is 38.7. The van der Waals surface area contributed by atoms with E-state index in [1.807, 2.05) is 70.2 Å². The summed E-state index contributed by atoms with van der Waals surface area (Å²) in [5, 5.41) is 0. The zero-order chi connectivity index (χ0) is 43.7. The van der Waals surface area contributed by atoms with Gasteiger partial charge >= 0.3 is 5.97 Å². The largest absolute Gasteiger partial charge is 0.461 e. The Morgan fingerprint density at radius 2 is 1.62 bits per heavy atom. The summed E-state index contributed by atoms with van der Waals surface area (Å²) < 4.78 is 57.2. The molecule has 1 saturated heterocycles. The Morgan fingerprint density at radius 1 is 0.933 bits per heavy atom. The van der Waals surface area contributed by atoms with Gasteiger partial charge in [0.2, 0.25) is 10.0 Å². The van der Waals surface area contributed by atoms with E-state index in [0.717, 1.165) is 49.7 Å². The Balaban J connectivity index is 1.20. The van der Waals surface area contributed by atoms with E-state index in [9.17, 15) is 13.2 Å². The Hall–Kier alpha value is -2.56. The number of nitrogens with one attached hydrogen (secondary N) is 1. The molecule has 9 heteroatoms. The number of fused-ring (bicyclic) bond motifs is 3. The van der Waals surface area contributed by atoms with Gasteiger partial charge < -0.3 is 18.9 Å². The molecule has 2 aromatic carbocycles. The SMILES string of the molecule is CO[C@@H]1C[C@@]23COC[C@](C)([C@@H]2CC[C@H]2C3=CC[C@@]3(C)[C@H](C(=O)OCc4ccccc4)[C@@](C)([C@H](C)C(C)C)CC[C@]23C)[C@H]1OC[C@](C)(NS(=O)(=O)c1ccc(C)cc1)C(C)C. The van der Waals surface area contributed by atoms with Crippen molar-refractivity contribution in [3.63, 3.8) is 0 Å². The number of aryl methyl sites for hydroxylation is 1. The molecule has 8 nitrogen and oxygen atoms in total. The van der Waals surface area contributed by atoms with Crippen LogP contribution in [0.5, 0.6) is 0 Å². The molecule has 0 radical (unpaired) electrons. The maximum absolute atomic E-state index is 14.8. The molecule has 1 N–H and O–H groups in total. The Morgan fingerprint density at radius 3 is 2.25 bits per heavy atom. The highest BCUT2D eigenvalue weighted by molar-refractivity contribution is 7.89. The molecule has 1 heterocycles. The molecule has 7 rings (SSSR count). The number of esters is 1. The minimum absolute atomic E-state index is 0.0463. The van der Waals surface area contributed by atoms with Crippen LogP contribution in [0, 0.1) is 69.5 Å². The van der Waals surface area contributed by atoms with Crippen LogP contribution in [0.3, 0.4) is 0 Å². The van der Waals surface area contributed by atoms with E-state index < -0.39 is 15.6 Å². The third-order valence-corrected chi connectivity index (χ3v) is 19.7. The number of carbonyl (C=O) groups excluding carboxylic acids is 1. The van der Waals surface area contributed by atoms with Crippen LogP contribution >= 0.6 is 0 Å². The molecule has 2 bridgehead atoms. The van der Waals surface area contributed by atoms with Crippen molar-refractivity contribution in [1.29, 1.82) is 0 Å². The molecule has 60 heavy (non-hydrogen) atoms. The second-order valence-corrected chi connectivity index (χ2v) is 23.5. The van der Waals surface area contributed by atoms with E-state index in [4.69, 9.17) is 18.9 Å². The van der Waals surface area contributed by atoms with Crippen molar-refractivity contribution >= 4 is 16.0 Å². The highest BCUT2D eigenvalue weighted by Gasteiger charge is 2.72. The lowest BCUT2D eigenvalue weighted by Crippen LogP contribution is -2.70. The summed E-state index contributed by atoms with van der Waals surface area (Å²) in [5.41, 5.74) is 1.45. The van der Waals surface area contributed by atoms with Crippen molar-refractivity contribution < 1.29 is 32.2 Å². The Bertz CT molecular complexity index is 2020. The number of allylic oxidation sites excluding steroid dienone is 1. The second-order valence-electron chi connectivity index (χ2n) is 21.8. The first-order valence-electron chi connectivity index (χ1n) is 22.9. The Labute approximate surface area is 362 Å². The van der Waals surface area contributed by atoms with Gasteiger partial charge in [0.15, 0.2) is 0 Å². The summed E-state index contributed by atoms with van der Waals surface area (Å²) in [4.78, 5) is 15.1. The standard InChI is InChI=1S/C51H75NO7S/c1-33(2)36(6)46(7)26-27-48(9)39-22-23-42-47(8)30-57-32-51(42,40(39)24-25-49(48,10)43(46)45(53)58-29-37-16-14-13-15-17-37)28-41(56-12)44(47)59-31-50(11,34(3)4)52-60(54,55)38-20-18-35(5)19-21-38/h13-21,24,33-34,36,39,41-44,52H,22-23,25-32H2,1-12H3/t36-,39+,41-,42+,43-,44+,46-,47-,48-,49+,50+,51+/m1/s1. The van der Waals surface area contributed by atoms with E-state index in [1.54, 1.807) is 19.2 Å². The molecule has 0 unspecified atom stereocenters. The molecular formula is C51H75NO7S. The van der Waals surface area contributed by atoms with Crippen molar-refractivity contribution in [1.82, 2.24) is 4.72 Å². The second kappa shape index (κ2) is 16.2. The summed E-state index contributed by atoms with van der Waals surface area (Å²) in [7, 11) is -2.00. The van der Waals surface area contributed by atoms with E-state index in [-0.39, 0.29) is 75.2 Å². The first-order chi connectivity index (χ1) is 28.1. The predicted octanol–water partition coefficient (Wildman–Crippen LogP) is 10.3. The van der Waals surface area contributed by atoms with Gasteiger partial charge in [-0.3, -0.25) is 4.79 Å². The lowest BCUT2D eigenvalue weighted by atomic mass is 9.34. The van der Waals surface area contributed by atoms with Gasteiger partial charge in [0.25, 0.3) is 0 Å². The summed E-state index contributed by atoms with van der Waals surface area (Å²) in [6, 6.07) is 17.1. The van der Waals surface area contributed by atoms with Crippen LogP contribution in [0.4, 0.5) is 0 Å². The van der Waals surface area contributed by atoms with Gasteiger partial charge in [0.1, 0.15) is 6.61 Å². The first-order valence-corrected chi connectivity index (χ1v) is 24.3. The third-order valence-electron chi connectivity index (χ3n) is 18.1. The fraction of sp³-hybridized carbons (Fsp3) is 0.706. The predicted molar refractivity (Wildman–Crippen MR) is 237 cm³/mol. The number of hydrogen-bond donors (Lipinski definition) is 1. The quantitative estimate of drug-likeness (QED) is 0.158. The van der Waals surface area contributed by atoms with E-state index in [2.05, 4.69) is 59.3 Å². The molecule has 3 saturated carbocycles. The van der Waals surface area contributed by atoms with E-state index in [0.29, 0.717) is 36.9 Å². The normalized spacial score (nSPS) is 37.9. The van der Waals surface area contributed by atoms with Crippen LogP contribution in [-0.2, 0) is 40.4 Å². The molecule has 332 valence electrons. The van der Waals surface area contributed by atoms with Gasteiger partial charge in [-0.1, -0.05) is 122 Å². The molecule has 4 fully saturated rings. The van der Waals surface area contributed by atoms with Gasteiger partial charge in [-0.2, -0.15) is 0 Å². The number of sulfonamides is 1. The minimum Gasteiger partial charge on any atom is -0.461 e. The maximum Gasteiger partial charge on any atom is 0.310 e. The molecule has 12 atom stereocenters. The summed E-state index contributed by atoms with van der Waals surface area (Å²) >= 11 is 0. The van der Waals surface area contributed by atoms with E-state index >= 15 is 0 Å². The molecule has 0 spiro atoms. The summed E-state index contributed by atoms with van der Waals surface area (Å²) in [6.07, 6.45) is 7.79. The molecular weight excluding hydrogens is 771 g/mol. The van der Waals surface area contributed by atoms with Crippen LogP contribution in [0.2, 0.25) is 0 Å². The monoisotopic (exact) mass is 846 g/mol. The van der Waals surface area contributed by atoms with Gasteiger partial charge in [-0.25, -0.2) is 13.1 Å². The zero-order valence-corrected chi connectivity index (χ0v) is 39.5. The van der Waals surface area contributed by atoms with Crippen molar-refractivity contribution in [2.45, 2.75) is 144 Å².